The third-order valence-electron chi connectivity index (χ3n) is 2.74. The van der Waals surface area contributed by atoms with E-state index in [1.54, 1.807) is 6.07 Å². The lowest BCUT2D eigenvalue weighted by atomic mass is 9.99. The van der Waals surface area contributed by atoms with E-state index < -0.39 is 9.84 Å². The molecule has 0 aromatic carbocycles. The van der Waals surface area contributed by atoms with E-state index in [0.29, 0.717) is 18.0 Å². The van der Waals surface area contributed by atoms with E-state index in [1.807, 2.05) is 0 Å². The first-order valence-electron chi connectivity index (χ1n) is 5.62. The second-order valence-electron chi connectivity index (χ2n) is 4.43. The Morgan fingerprint density at radius 1 is 1.50 bits per heavy atom. The van der Waals surface area contributed by atoms with Crippen LogP contribution in [-0.4, -0.2) is 38.7 Å². The van der Waals surface area contributed by atoms with Gasteiger partial charge in [-0.2, -0.15) is 0 Å². The number of nitrogens with zero attached hydrogens (tertiary/aromatic N) is 1. The Kier molecular flexibility index (Phi) is 3.63. The van der Waals surface area contributed by atoms with Crippen molar-refractivity contribution in [2.75, 3.05) is 24.7 Å². The third-order valence-corrected chi connectivity index (χ3v) is 3.74. The normalized spacial score (nSPS) is 16.1. The predicted octanol–water partition coefficient (Wildman–Crippen LogP) is 0.0331. The molecule has 1 aliphatic heterocycles. The fourth-order valence-electron chi connectivity index (χ4n) is 1.64. The molecule has 0 aliphatic carbocycles. The molecule has 98 valence electrons. The summed E-state index contributed by atoms with van der Waals surface area (Å²) in [7, 11) is -3.29. The number of nitrogens with one attached hydrogen (secondary N) is 2. The highest BCUT2D eigenvalue weighted by Gasteiger charge is 2.20. The molecule has 0 unspecified atom stereocenters. The molecule has 1 aromatic heterocycles. The Balaban J connectivity index is 1.95. The van der Waals surface area contributed by atoms with E-state index in [9.17, 15) is 13.2 Å². The van der Waals surface area contributed by atoms with Gasteiger partial charge < -0.3 is 10.6 Å². The largest absolute Gasteiger partial charge is 0.325 e. The summed E-state index contributed by atoms with van der Waals surface area (Å²) in [5.74, 6) is 0.323. The highest BCUT2D eigenvalue weighted by Crippen LogP contribution is 2.13. The molecule has 1 fully saturated rings. The number of hydrogen-bond donors (Lipinski definition) is 2. The van der Waals surface area contributed by atoms with Crippen molar-refractivity contribution in [1.29, 1.82) is 0 Å². The predicted molar refractivity (Wildman–Crippen MR) is 67.0 cm³/mol. The highest BCUT2D eigenvalue weighted by atomic mass is 32.2. The maximum Gasteiger partial charge on any atom is 0.224 e. The Hall–Kier alpha value is -1.47. The molecular formula is C11H15N3O3S. The summed E-state index contributed by atoms with van der Waals surface area (Å²) in [5, 5.41) is 5.79. The zero-order valence-corrected chi connectivity index (χ0v) is 10.8. The van der Waals surface area contributed by atoms with E-state index in [-0.39, 0.29) is 10.9 Å². The van der Waals surface area contributed by atoms with Crippen molar-refractivity contribution in [2.45, 2.75) is 11.4 Å². The van der Waals surface area contributed by atoms with Gasteiger partial charge in [0.1, 0.15) is 0 Å². The van der Waals surface area contributed by atoms with Gasteiger partial charge in [0.05, 0.1) is 11.9 Å². The van der Waals surface area contributed by atoms with Gasteiger partial charge in [-0.1, -0.05) is 0 Å². The Morgan fingerprint density at radius 2 is 2.22 bits per heavy atom. The molecule has 1 aromatic rings. The molecule has 0 saturated carbocycles. The van der Waals surface area contributed by atoms with Crippen LogP contribution in [0.25, 0.3) is 0 Å². The van der Waals surface area contributed by atoms with Crippen molar-refractivity contribution < 1.29 is 13.2 Å². The summed E-state index contributed by atoms with van der Waals surface area (Å²) in [6, 6.07) is 2.93. The maximum atomic E-state index is 11.6. The van der Waals surface area contributed by atoms with Crippen LogP contribution in [0.3, 0.4) is 0 Å². The number of sulfone groups is 1. The van der Waals surface area contributed by atoms with Gasteiger partial charge in [-0.3, -0.25) is 4.79 Å². The molecule has 0 radical (unpaired) electrons. The lowest BCUT2D eigenvalue weighted by molar-refractivity contribution is -0.117. The standard InChI is InChI=1S/C11H15N3O3S/c1-18(16,17)11-3-2-9(7-13-11)14-10(15)4-8-5-12-6-8/h2-3,7-8,12H,4-6H2,1H3,(H,14,15). The topological polar surface area (TPSA) is 88.2 Å². The Labute approximate surface area is 106 Å². The van der Waals surface area contributed by atoms with Crippen LogP contribution in [0.15, 0.2) is 23.4 Å². The summed E-state index contributed by atoms with van der Waals surface area (Å²) < 4.78 is 22.4. The van der Waals surface area contributed by atoms with Gasteiger partial charge in [0.15, 0.2) is 14.9 Å². The van der Waals surface area contributed by atoms with Crippen LogP contribution in [0.1, 0.15) is 6.42 Å². The monoisotopic (exact) mass is 269 g/mol. The molecule has 1 amide bonds. The van der Waals surface area contributed by atoms with E-state index in [1.165, 1.54) is 12.3 Å². The fourth-order valence-corrected chi connectivity index (χ4v) is 2.20. The van der Waals surface area contributed by atoms with Gasteiger partial charge in [-0.25, -0.2) is 13.4 Å². The van der Waals surface area contributed by atoms with Crippen molar-refractivity contribution >= 4 is 21.4 Å². The number of amides is 1. The van der Waals surface area contributed by atoms with E-state index in [4.69, 9.17) is 0 Å². The van der Waals surface area contributed by atoms with E-state index >= 15 is 0 Å². The summed E-state index contributed by atoms with van der Waals surface area (Å²) in [6.07, 6.45) is 2.92. The minimum Gasteiger partial charge on any atom is -0.325 e. The number of aromatic nitrogens is 1. The first-order chi connectivity index (χ1) is 8.45. The highest BCUT2D eigenvalue weighted by molar-refractivity contribution is 7.90. The number of rotatable bonds is 4. The lowest BCUT2D eigenvalue weighted by Gasteiger charge is -2.26. The summed E-state index contributed by atoms with van der Waals surface area (Å²) in [5.41, 5.74) is 0.514. The average molecular weight is 269 g/mol. The van der Waals surface area contributed by atoms with Gasteiger partial charge in [-0.05, 0) is 31.1 Å². The zero-order chi connectivity index (χ0) is 13.2. The van der Waals surface area contributed by atoms with Crippen LogP contribution < -0.4 is 10.6 Å². The van der Waals surface area contributed by atoms with Gasteiger partial charge in [0, 0.05) is 12.7 Å². The van der Waals surface area contributed by atoms with Crippen LogP contribution >= 0.6 is 0 Å². The number of pyridine rings is 1. The minimum atomic E-state index is -3.29. The molecule has 18 heavy (non-hydrogen) atoms. The number of hydrogen-bond acceptors (Lipinski definition) is 5. The maximum absolute atomic E-state index is 11.6. The minimum absolute atomic E-state index is 0.00342. The lowest BCUT2D eigenvalue weighted by Crippen LogP contribution is -2.43. The van der Waals surface area contributed by atoms with Gasteiger partial charge in [0.2, 0.25) is 5.91 Å². The second-order valence-corrected chi connectivity index (χ2v) is 6.40. The van der Waals surface area contributed by atoms with Crippen LogP contribution in [0.4, 0.5) is 5.69 Å². The molecular weight excluding hydrogens is 254 g/mol. The zero-order valence-electron chi connectivity index (χ0n) is 10.0. The quantitative estimate of drug-likeness (QED) is 0.805. The Morgan fingerprint density at radius 3 is 2.67 bits per heavy atom. The van der Waals surface area contributed by atoms with Gasteiger partial charge in [-0.15, -0.1) is 0 Å². The molecule has 0 bridgehead atoms. The number of carbonyl (C=O) groups is 1. The van der Waals surface area contributed by atoms with Gasteiger partial charge >= 0.3 is 0 Å². The molecule has 2 rings (SSSR count). The first kappa shape index (κ1) is 13.0. The second kappa shape index (κ2) is 5.03. The Bertz CT molecular complexity index is 535. The van der Waals surface area contributed by atoms with Crippen LogP contribution in [-0.2, 0) is 14.6 Å². The molecule has 1 saturated heterocycles. The number of carbonyl (C=O) groups excluding carboxylic acids is 1. The summed E-state index contributed by atoms with van der Waals surface area (Å²) in [6.45, 7) is 1.75. The molecule has 7 heteroatoms. The average Bonchev–Trinajstić information content (AvgIpc) is 2.23. The van der Waals surface area contributed by atoms with Crippen molar-refractivity contribution in [1.82, 2.24) is 10.3 Å². The van der Waals surface area contributed by atoms with Crippen LogP contribution in [0.2, 0.25) is 0 Å². The third kappa shape index (κ3) is 3.27. The van der Waals surface area contributed by atoms with Gasteiger partial charge in [0.25, 0.3) is 0 Å². The van der Waals surface area contributed by atoms with Crippen LogP contribution in [0.5, 0.6) is 0 Å². The smallest absolute Gasteiger partial charge is 0.224 e. The molecule has 0 atom stereocenters. The SMILES string of the molecule is CS(=O)(=O)c1ccc(NC(=O)CC2CNC2)cn1. The fraction of sp³-hybridized carbons (Fsp3) is 0.455. The van der Waals surface area contributed by atoms with Crippen molar-refractivity contribution in [2.24, 2.45) is 5.92 Å². The van der Waals surface area contributed by atoms with Crippen molar-refractivity contribution in [3.63, 3.8) is 0 Å². The molecule has 6 nitrogen and oxygen atoms in total. The van der Waals surface area contributed by atoms with E-state index in [0.717, 1.165) is 19.3 Å². The summed E-state index contributed by atoms with van der Waals surface area (Å²) >= 11 is 0. The molecule has 2 heterocycles. The molecule has 1 aliphatic rings. The van der Waals surface area contributed by atoms with Crippen molar-refractivity contribution in [3.8, 4) is 0 Å². The van der Waals surface area contributed by atoms with Crippen molar-refractivity contribution in [3.05, 3.63) is 18.3 Å². The van der Waals surface area contributed by atoms with E-state index in [2.05, 4.69) is 15.6 Å². The first-order valence-corrected chi connectivity index (χ1v) is 7.51. The number of anilines is 1. The van der Waals surface area contributed by atoms with Crippen LogP contribution in [0, 0.1) is 5.92 Å². The summed E-state index contributed by atoms with van der Waals surface area (Å²) in [4.78, 5) is 15.4. The molecule has 0 spiro atoms. The molecule has 2 N–H and O–H groups in total.